The van der Waals surface area contributed by atoms with Crippen LogP contribution >= 0.6 is 11.8 Å². The second-order valence-electron chi connectivity index (χ2n) is 6.70. The number of non-ortho nitro benzene ring substituents is 1. The van der Waals surface area contributed by atoms with Crippen molar-refractivity contribution in [3.63, 3.8) is 0 Å². The van der Waals surface area contributed by atoms with Gasteiger partial charge < -0.3 is 4.42 Å². The minimum Gasteiger partial charge on any atom is -0.457 e. The maximum absolute atomic E-state index is 13.1. The number of ketones is 1. The Morgan fingerprint density at radius 3 is 2.41 bits per heavy atom. The number of nitrogens with zero attached hydrogens (tertiary/aromatic N) is 2. The summed E-state index contributed by atoms with van der Waals surface area (Å²) in [5.41, 5.74) is 0.621. The molecule has 0 aliphatic carbocycles. The lowest BCUT2D eigenvalue weighted by molar-refractivity contribution is -0.384. The molecule has 0 N–H and O–H groups in total. The van der Waals surface area contributed by atoms with Gasteiger partial charge in [0.05, 0.1) is 16.4 Å². The molecule has 3 aromatic rings. The molecule has 10 heteroatoms. The molecule has 1 fully saturated rings. The van der Waals surface area contributed by atoms with Crippen LogP contribution < -0.4 is 0 Å². The van der Waals surface area contributed by atoms with Crippen LogP contribution in [0.1, 0.15) is 16.1 Å². The average Bonchev–Trinajstić information content (AvgIpc) is 3.34. The Bertz CT molecular complexity index is 1260. The zero-order chi connectivity index (χ0) is 22.8. The molecule has 2 heterocycles. The third kappa shape index (κ3) is 4.35. The molecular formula is C22H13FN2O6S. The van der Waals surface area contributed by atoms with Crippen molar-refractivity contribution in [2.75, 3.05) is 6.54 Å². The molecule has 0 bridgehead atoms. The summed E-state index contributed by atoms with van der Waals surface area (Å²) in [7, 11) is 0. The van der Waals surface area contributed by atoms with Crippen molar-refractivity contribution in [1.29, 1.82) is 0 Å². The maximum Gasteiger partial charge on any atom is 0.293 e. The molecule has 0 unspecified atom stereocenters. The normalized spacial score (nSPS) is 14.9. The fourth-order valence-corrected chi connectivity index (χ4v) is 3.79. The predicted octanol–water partition coefficient (Wildman–Crippen LogP) is 4.91. The Morgan fingerprint density at radius 1 is 1.06 bits per heavy atom. The van der Waals surface area contributed by atoms with E-state index in [0.717, 1.165) is 4.90 Å². The number of furan rings is 1. The molecule has 1 aliphatic rings. The number of nitro benzene ring substituents is 1. The molecule has 2 aromatic carbocycles. The fraction of sp³-hybridized carbons (Fsp3) is 0.0455. The number of Topliss-reactive ketones (excluding diaryl/α,β-unsaturated/α-hetero) is 1. The van der Waals surface area contributed by atoms with Gasteiger partial charge in [0.15, 0.2) is 5.78 Å². The lowest BCUT2D eigenvalue weighted by atomic mass is 10.1. The van der Waals surface area contributed by atoms with E-state index in [9.17, 15) is 28.9 Å². The molecule has 0 spiro atoms. The summed E-state index contributed by atoms with van der Waals surface area (Å²) in [6, 6.07) is 13.9. The first-order chi connectivity index (χ1) is 15.3. The van der Waals surface area contributed by atoms with Gasteiger partial charge in [0.1, 0.15) is 17.3 Å². The number of nitro groups is 1. The maximum atomic E-state index is 13.1. The fourth-order valence-electron chi connectivity index (χ4n) is 2.97. The van der Waals surface area contributed by atoms with Gasteiger partial charge in [-0.3, -0.25) is 29.4 Å². The molecule has 0 radical (unpaired) electrons. The number of amides is 2. The van der Waals surface area contributed by atoms with Gasteiger partial charge in [0.25, 0.3) is 16.8 Å². The first-order valence-corrected chi connectivity index (χ1v) is 10.0. The van der Waals surface area contributed by atoms with Gasteiger partial charge in [-0.15, -0.1) is 0 Å². The first kappa shape index (κ1) is 21.2. The van der Waals surface area contributed by atoms with Crippen molar-refractivity contribution in [3.8, 4) is 11.3 Å². The average molecular weight is 452 g/mol. The van der Waals surface area contributed by atoms with E-state index in [2.05, 4.69) is 0 Å². The number of carbonyl (C=O) groups is 3. The number of rotatable bonds is 6. The molecule has 8 nitrogen and oxygen atoms in total. The number of hydrogen-bond acceptors (Lipinski definition) is 7. The van der Waals surface area contributed by atoms with Gasteiger partial charge in [0.2, 0.25) is 0 Å². The van der Waals surface area contributed by atoms with Crippen molar-refractivity contribution >= 4 is 40.5 Å². The molecule has 160 valence electrons. The lowest BCUT2D eigenvalue weighted by Gasteiger charge is -2.11. The highest BCUT2D eigenvalue weighted by atomic mass is 32.2. The number of carbonyl (C=O) groups excluding carboxylic acids is 3. The molecule has 2 amide bonds. The van der Waals surface area contributed by atoms with Crippen LogP contribution in [0.15, 0.2) is 70.0 Å². The summed E-state index contributed by atoms with van der Waals surface area (Å²) in [6.45, 7) is -0.487. The van der Waals surface area contributed by atoms with Crippen LogP contribution in [0.4, 0.5) is 14.9 Å². The number of hydrogen-bond donors (Lipinski definition) is 0. The van der Waals surface area contributed by atoms with Crippen molar-refractivity contribution in [2.24, 2.45) is 0 Å². The van der Waals surface area contributed by atoms with Gasteiger partial charge in [-0.1, -0.05) is 0 Å². The Morgan fingerprint density at radius 2 is 1.75 bits per heavy atom. The predicted molar refractivity (Wildman–Crippen MR) is 114 cm³/mol. The molecular weight excluding hydrogens is 439 g/mol. The van der Waals surface area contributed by atoms with Gasteiger partial charge in [-0.05, 0) is 60.3 Å². The number of halogens is 1. The zero-order valence-electron chi connectivity index (χ0n) is 16.2. The highest BCUT2D eigenvalue weighted by molar-refractivity contribution is 8.18. The standard InChI is InChI=1S/C22H13FN2O6S/c23-15-5-1-14(2-6-15)19-10-9-17(31-19)11-20-21(27)24(22(28)32-20)12-18(26)13-3-7-16(8-4-13)25(29)30/h1-11H,12H2/b20-11-. The second kappa shape index (κ2) is 8.60. The second-order valence-corrected chi connectivity index (χ2v) is 7.70. The van der Waals surface area contributed by atoms with Gasteiger partial charge in [-0.25, -0.2) is 4.39 Å². The van der Waals surface area contributed by atoms with E-state index >= 15 is 0 Å². The van der Waals surface area contributed by atoms with Crippen LogP contribution in [0.25, 0.3) is 17.4 Å². The largest absolute Gasteiger partial charge is 0.457 e. The van der Waals surface area contributed by atoms with E-state index in [4.69, 9.17) is 4.42 Å². The summed E-state index contributed by atoms with van der Waals surface area (Å²) < 4.78 is 18.7. The summed E-state index contributed by atoms with van der Waals surface area (Å²) in [5.74, 6) is -0.770. The van der Waals surface area contributed by atoms with E-state index in [1.54, 1.807) is 24.3 Å². The summed E-state index contributed by atoms with van der Waals surface area (Å²) in [4.78, 5) is 48.4. The van der Waals surface area contributed by atoms with Crippen molar-refractivity contribution in [1.82, 2.24) is 4.90 Å². The quantitative estimate of drug-likeness (QED) is 0.226. The van der Waals surface area contributed by atoms with Crippen LogP contribution in [-0.2, 0) is 4.79 Å². The van der Waals surface area contributed by atoms with Crippen molar-refractivity contribution in [3.05, 3.63) is 92.8 Å². The van der Waals surface area contributed by atoms with Crippen LogP contribution in [0, 0.1) is 15.9 Å². The number of imide groups is 1. The SMILES string of the molecule is O=C(CN1C(=O)S/C(=C\c2ccc(-c3ccc(F)cc3)o2)C1=O)c1ccc([N+](=O)[O-])cc1. The first-order valence-electron chi connectivity index (χ1n) is 9.20. The summed E-state index contributed by atoms with van der Waals surface area (Å²) >= 11 is 0.675. The third-order valence-corrected chi connectivity index (χ3v) is 5.51. The Balaban J connectivity index is 1.48. The number of thioether (sulfide) groups is 1. The molecule has 1 saturated heterocycles. The monoisotopic (exact) mass is 452 g/mol. The summed E-state index contributed by atoms with van der Waals surface area (Å²) in [6.07, 6.45) is 1.40. The van der Waals surface area contributed by atoms with E-state index in [1.165, 1.54) is 42.5 Å². The van der Waals surface area contributed by atoms with Gasteiger partial charge >= 0.3 is 0 Å². The topological polar surface area (TPSA) is 111 Å². The lowest BCUT2D eigenvalue weighted by Crippen LogP contribution is -2.33. The Labute approximate surface area is 184 Å². The summed E-state index contributed by atoms with van der Waals surface area (Å²) in [5, 5.41) is 10.1. The van der Waals surface area contributed by atoms with Crippen LogP contribution in [0.2, 0.25) is 0 Å². The van der Waals surface area contributed by atoms with Crippen LogP contribution in [-0.4, -0.2) is 33.3 Å². The van der Waals surface area contributed by atoms with Crippen LogP contribution in [0.3, 0.4) is 0 Å². The van der Waals surface area contributed by atoms with Crippen molar-refractivity contribution in [2.45, 2.75) is 0 Å². The molecule has 0 atom stereocenters. The van der Waals surface area contributed by atoms with E-state index in [1.807, 2.05) is 0 Å². The van der Waals surface area contributed by atoms with Crippen molar-refractivity contribution < 1.29 is 28.1 Å². The third-order valence-electron chi connectivity index (χ3n) is 4.60. The molecule has 0 saturated carbocycles. The minimum absolute atomic E-state index is 0.0894. The molecule has 4 rings (SSSR count). The highest BCUT2D eigenvalue weighted by Crippen LogP contribution is 2.33. The minimum atomic E-state index is -0.644. The molecule has 32 heavy (non-hydrogen) atoms. The Hall–Kier alpha value is -4.05. The van der Waals surface area contributed by atoms with E-state index in [-0.39, 0.29) is 22.0 Å². The zero-order valence-corrected chi connectivity index (χ0v) is 17.0. The number of benzene rings is 2. The van der Waals surface area contributed by atoms with Crippen LogP contribution in [0.5, 0.6) is 0 Å². The highest BCUT2D eigenvalue weighted by Gasteiger charge is 2.36. The molecule has 1 aromatic heterocycles. The van der Waals surface area contributed by atoms with E-state index in [0.29, 0.717) is 28.8 Å². The van der Waals surface area contributed by atoms with Gasteiger partial charge in [0, 0.05) is 29.3 Å². The van der Waals surface area contributed by atoms with Gasteiger partial charge in [-0.2, -0.15) is 0 Å². The van der Waals surface area contributed by atoms with E-state index < -0.39 is 28.4 Å². The Kier molecular flexibility index (Phi) is 5.69. The molecule has 1 aliphatic heterocycles. The smallest absolute Gasteiger partial charge is 0.293 e.